The molecule has 0 saturated heterocycles. The number of anilines is 3. The molecule has 6 nitrogen and oxygen atoms in total. The zero-order valence-corrected chi connectivity index (χ0v) is 33.7. The second kappa shape index (κ2) is 14.3. The van der Waals surface area contributed by atoms with Crippen LogP contribution < -0.4 is 4.90 Å². The molecule has 0 fully saturated rings. The predicted molar refractivity (Wildman–Crippen MR) is 247 cm³/mol. The topological polar surface area (TPSA) is 70.6 Å². The molecule has 0 atom stereocenters. The van der Waals surface area contributed by atoms with Crippen LogP contribution in [0.3, 0.4) is 0 Å². The van der Waals surface area contributed by atoms with E-state index in [2.05, 4.69) is 151 Å². The molecule has 288 valence electrons. The monoisotopic (exact) mass is 782 g/mol. The van der Waals surface area contributed by atoms with E-state index in [9.17, 15) is 5.26 Å². The first-order valence-electron chi connectivity index (χ1n) is 20.5. The van der Waals surface area contributed by atoms with Gasteiger partial charge in [-0.15, -0.1) is 0 Å². The maximum Gasteiger partial charge on any atom is 0.238 e. The van der Waals surface area contributed by atoms with E-state index >= 15 is 0 Å². The summed E-state index contributed by atoms with van der Waals surface area (Å²) in [4.78, 5) is 17.6. The van der Waals surface area contributed by atoms with Crippen molar-refractivity contribution in [2.45, 2.75) is 19.3 Å². The lowest BCUT2D eigenvalue weighted by Gasteiger charge is -2.42. The number of nitrogens with zero attached hydrogens (tertiary/aromatic N) is 6. The first kappa shape index (κ1) is 36.0. The van der Waals surface area contributed by atoms with Crippen LogP contribution in [-0.2, 0) is 5.41 Å². The Kier molecular flexibility index (Phi) is 8.43. The maximum atomic E-state index is 11.0. The summed E-state index contributed by atoms with van der Waals surface area (Å²) < 4.78 is 2.11. The Morgan fingerprint density at radius 3 is 1.39 bits per heavy atom. The van der Waals surface area contributed by atoms with E-state index in [1.165, 1.54) is 11.1 Å². The Hall–Kier alpha value is -8.14. The fraction of sp³-hybridized carbons (Fsp3) is 0.0545. The van der Waals surface area contributed by atoms with E-state index in [1.807, 2.05) is 72.8 Å². The molecule has 0 amide bonds. The number of rotatable bonds is 6. The van der Waals surface area contributed by atoms with Crippen molar-refractivity contribution in [3.05, 3.63) is 211 Å². The molecule has 2 aromatic heterocycles. The Labute approximate surface area is 354 Å². The molecule has 61 heavy (non-hydrogen) atoms. The Morgan fingerprint density at radius 2 is 0.869 bits per heavy atom. The van der Waals surface area contributed by atoms with Gasteiger partial charge >= 0.3 is 0 Å². The van der Waals surface area contributed by atoms with Crippen LogP contribution in [0.4, 0.5) is 17.1 Å². The van der Waals surface area contributed by atoms with Gasteiger partial charge in [0.1, 0.15) is 6.07 Å². The number of hydrogen-bond acceptors (Lipinski definition) is 5. The van der Waals surface area contributed by atoms with Crippen LogP contribution in [0.25, 0.3) is 72.8 Å². The molecular formula is C55H38N6. The van der Waals surface area contributed by atoms with E-state index in [1.54, 1.807) is 0 Å². The van der Waals surface area contributed by atoms with Gasteiger partial charge in [0.05, 0.1) is 33.7 Å². The third-order valence-corrected chi connectivity index (χ3v) is 12.1. The van der Waals surface area contributed by atoms with Gasteiger partial charge in [-0.05, 0) is 88.0 Å². The molecule has 0 unspecified atom stereocenters. The SMILES string of the molecule is CC1(C)c2cc(-c3ccccc3)ccc2N(c2ccc(-c3nc(-c4ccccc4)nc(-n4c5ccccc5c5ccccc54)n3)cc2C#N)c2ccc(-c3ccccc3)cc21. The Bertz CT molecular complexity index is 3200. The lowest BCUT2D eigenvalue weighted by atomic mass is 9.72. The average Bonchev–Trinajstić information content (AvgIpc) is 3.67. The maximum absolute atomic E-state index is 11.0. The molecule has 0 N–H and O–H groups in total. The minimum atomic E-state index is -0.356. The zero-order chi connectivity index (χ0) is 41.1. The van der Waals surface area contributed by atoms with Gasteiger partial charge in [0.2, 0.25) is 5.95 Å². The molecule has 3 heterocycles. The van der Waals surface area contributed by atoms with Crippen molar-refractivity contribution in [1.29, 1.82) is 5.26 Å². The molecule has 0 radical (unpaired) electrons. The highest BCUT2D eigenvalue weighted by molar-refractivity contribution is 6.09. The van der Waals surface area contributed by atoms with Gasteiger partial charge in [-0.1, -0.05) is 153 Å². The minimum absolute atomic E-state index is 0.356. The molecule has 11 rings (SSSR count). The van der Waals surface area contributed by atoms with Crippen LogP contribution in [0.5, 0.6) is 0 Å². The summed E-state index contributed by atoms with van der Waals surface area (Å²) in [5.41, 5.74) is 13.6. The smallest absolute Gasteiger partial charge is 0.238 e. The molecule has 0 aliphatic carbocycles. The van der Waals surface area contributed by atoms with E-state index < -0.39 is 0 Å². The molecule has 6 heteroatoms. The van der Waals surface area contributed by atoms with Crippen LogP contribution in [-0.4, -0.2) is 19.5 Å². The number of hydrogen-bond donors (Lipinski definition) is 0. The van der Waals surface area contributed by atoms with E-state index in [-0.39, 0.29) is 5.41 Å². The molecule has 10 aromatic rings. The first-order valence-corrected chi connectivity index (χ1v) is 20.5. The van der Waals surface area contributed by atoms with Crippen LogP contribution in [0, 0.1) is 11.3 Å². The lowest BCUT2D eigenvalue weighted by Crippen LogP contribution is -2.31. The summed E-state index contributed by atoms with van der Waals surface area (Å²) in [7, 11) is 0. The van der Waals surface area contributed by atoms with Crippen molar-refractivity contribution in [2.75, 3.05) is 4.90 Å². The van der Waals surface area contributed by atoms with Gasteiger partial charge in [0.25, 0.3) is 0 Å². The molecule has 0 saturated carbocycles. The summed E-state index contributed by atoms with van der Waals surface area (Å²) in [6.07, 6.45) is 0. The van der Waals surface area contributed by atoms with E-state index in [0.29, 0.717) is 23.2 Å². The molecular weight excluding hydrogens is 745 g/mol. The van der Waals surface area contributed by atoms with Crippen molar-refractivity contribution >= 4 is 38.9 Å². The number of benzene rings is 8. The first-order chi connectivity index (χ1) is 30.0. The normalized spacial score (nSPS) is 12.8. The molecule has 0 bridgehead atoms. The summed E-state index contributed by atoms with van der Waals surface area (Å²) in [5, 5.41) is 13.3. The lowest BCUT2D eigenvalue weighted by molar-refractivity contribution is 0.632. The number of para-hydroxylation sites is 2. The van der Waals surface area contributed by atoms with Crippen LogP contribution >= 0.6 is 0 Å². The van der Waals surface area contributed by atoms with Gasteiger partial charge in [0.15, 0.2) is 11.6 Å². The number of fused-ring (bicyclic) bond motifs is 5. The summed E-state index contributed by atoms with van der Waals surface area (Å²) in [6.45, 7) is 4.61. The highest BCUT2D eigenvalue weighted by Crippen LogP contribution is 2.54. The highest BCUT2D eigenvalue weighted by atomic mass is 15.2. The van der Waals surface area contributed by atoms with Gasteiger partial charge in [-0.3, -0.25) is 4.57 Å². The quantitative estimate of drug-likeness (QED) is 0.168. The van der Waals surface area contributed by atoms with Crippen molar-refractivity contribution in [1.82, 2.24) is 19.5 Å². The van der Waals surface area contributed by atoms with Gasteiger partial charge in [-0.2, -0.15) is 15.2 Å². The summed E-state index contributed by atoms with van der Waals surface area (Å²) in [6, 6.07) is 69.7. The fourth-order valence-electron chi connectivity index (χ4n) is 9.03. The van der Waals surface area contributed by atoms with Gasteiger partial charge < -0.3 is 4.90 Å². The van der Waals surface area contributed by atoms with E-state index in [0.717, 1.165) is 72.2 Å². The van der Waals surface area contributed by atoms with Crippen molar-refractivity contribution in [3.8, 4) is 57.0 Å². The van der Waals surface area contributed by atoms with E-state index in [4.69, 9.17) is 15.0 Å². The summed E-state index contributed by atoms with van der Waals surface area (Å²) >= 11 is 0. The number of aromatic nitrogens is 4. The average molecular weight is 783 g/mol. The second-order valence-electron chi connectivity index (χ2n) is 16.0. The largest absolute Gasteiger partial charge is 0.309 e. The molecule has 8 aromatic carbocycles. The minimum Gasteiger partial charge on any atom is -0.309 e. The van der Waals surface area contributed by atoms with Crippen molar-refractivity contribution < 1.29 is 0 Å². The van der Waals surface area contributed by atoms with Crippen LogP contribution in [0.15, 0.2) is 194 Å². The van der Waals surface area contributed by atoms with Crippen LogP contribution in [0.2, 0.25) is 0 Å². The van der Waals surface area contributed by atoms with Gasteiger partial charge in [-0.25, -0.2) is 4.98 Å². The molecule has 1 aliphatic heterocycles. The van der Waals surface area contributed by atoms with Gasteiger partial charge in [0, 0.05) is 27.3 Å². The number of nitriles is 1. The third kappa shape index (κ3) is 5.98. The second-order valence-corrected chi connectivity index (χ2v) is 16.0. The Morgan fingerprint density at radius 1 is 0.426 bits per heavy atom. The highest BCUT2D eigenvalue weighted by Gasteiger charge is 2.38. The standard InChI is InChI=1S/C55H38N6/c1-55(2)45-33-39(36-16-6-3-7-17-36)26-30-50(45)60(51-31-27-40(34-46(51)55)37-18-8-4-9-19-37)47-29-28-41(32-42(47)35-56)53-57-52(38-20-10-5-11-21-38)58-54(59-53)61-48-24-14-12-22-43(48)44-23-13-15-25-49(44)61/h3-34H,1-2H3. The van der Waals surface area contributed by atoms with Crippen LogP contribution in [0.1, 0.15) is 30.5 Å². The molecule has 1 aliphatic rings. The fourth-order valence-corrected chi connectivity index (χ4v) is 9.03. The summed E-state index contributed by atoms with van der Waals surface area (Å²) in [5.74, 6) is 1.54. The van der Waals surface area contributed by atoms with Crippen molar-refractivity contribution in [3.63, 3.8) is 0 Å². The predicted octanol–water partition coefficient (Wildman–Crippen LogP) is 13.6. The van der Waals surface area contributed by atoms with Crippen molar-refractivity contribution in [2.24, 2.45) is 0 Å². The third-order valence-electron chi connectivity index (χ3n) is 12.1. The molecule has 0 spiro atoms. The zero-order valence-electron chi connectivity index (χ0n) is 33.7. The Balaban J connectivity index is 1.10.